The van der Waals surface area contributed by atoms with Crippen molar-refractivity contribution in [3.8, 4) is 5.75 Å². The summed E-state index contributed by atoms with van der Waals surface area (Å²) in [6.07, 6.45) is 2.46. The Morgan fingerprint density at radius 1 is 1.26 bits per heavy atom. The first-order valence-electron chi connectivity index (χ1n) is 9.03. The van der Waals surface area contributed by atoms with Crippen LogP contribution in [0.2, 0.25) is 10.0 Å². The summed E-state index contributed by atoms with van der Waals surface area (Å²) in [5.41, 5.74) is 0.975. The van der Waals surface area contributed by atoms with Crippen molar-refractivity contribution < 1.29 is 19.1 Å². The van der Waals surface area contributed by atoms with Gasteiger partial charge < -0.3 is 9.64 Å². The lowest BCUT2D eigenvalue weighted by molar-refractivity contribution is -0.132. The van der Waals surface area contributed by atoms with Crippen molar-refractivity contribution in [3.05, 3.63) is 27.7 Å². The predicted molar refractivity (Wildman–Crippen MR) is 102 cm³/mol. The smallest absolute Gasteiger partial charge is 0.230 e. The second-order valence-electron chi connectivity index (χ2n) is 7.02. The van der Waals surface area contributed by atoms with Gasteiger partial charge in [-0.15, -0.1) is 0 Å². The van der Waals surface area contributed by atoms with Crippen molar-refractivity contribution in [1.29, 1.82) is 0 Å². The summed E-state index contributed by atoms with van der Waals surface area (Å²) in [5, 5.41) is 3.33. The summed E-state index contributed by atoms with van der Waals surface area (Å²) >= 11 is 12.4. The molecule has 0 spiro atoms. The molecule has 0 aromatic heterocycles. The third-order valence-corrected chi connectivity index (χ3v) is 5.80. The van der Waals surface area contributed by atoms with Crippen LogP contribution < -0.4 is 10.1 Å². The van der Waals surface area contributed by atoms with E-state index in [9.17, 15) is 14.4 Å². The second kappa shape index (κ2) is 8.48. The third kappa shape index (κ3) is 4.55. The number of likely N-dealkylation sites (tertiary alicyclic amines) is 1. The van der Waals surface area contributed by atoms with E-state index in [1.165, 1.54) is 0 Å². The molecule has 27 heavy (non-hydrogen) atoms. The Morgan fingerprint density at radius 3 is 2.56 bits per heavy atom. The van der Waals surface area contributed by atoms with Gasteiger partial charge in [0.15, 0.2) is 0 Å². The van der Waals surface area contributed by atoms with Crippen molar-refractivity contribution in [2.75, 3.05) is 20.2 Å². The zero-order chi connectivity index (χ0) is 19.6. The number of halogens is 2. The molecule has 2 aliphatic rings. The lowest BCUT2D eigenvalue weighted by Gasteiger charge is -2.33. The summed E-state index contributed by atoms with van der Waals surface area (Å²) < 4.78 is 5.44. The topological polar surface area (TPSA) is 75.7 Å². The molecule has 0 unspecified atom stereocenters. The Kier molecular flexibility index (Phi) is 6.27. The van der Waals surface area contributed by atoms with Crippen LogP contribution >= 0.6 is 23.2 Å². The average molecular weight is 413 g/mol. The van der Waals surface area contributed by atoms with Gasteiger partial charge in [-0.3, -0.25) is 19.7 Å². The minimum absolute atomic E-state index is 0.0247. The van der Waals surface area contributed by atoms with Gasteiger partial charge in [0.1, 0.15) is 5.75 Å². The highest BCUT2D eigenvalue weighted by atomic mass is 35.5. The Bertz CT molecular complexity index is 760. The van der Waals surface area contributed by atoms with Crippen molar-refractivity contribution in [3.63, 3.8) is 0 Å². The molecule has 1 aromatic rings. The maximum absolute atomic E-state index is 12.5. The molecule has 1 aromatic carbocycles. The van der Waals surface area contributed by atoms with Crippen molar-refractivity contribution in [2.24, 2.45) is 5.92 Å². The van der Waals surface area contributed by atoms with E-state index in [1.54, 1.807) is 13.2 Å². The Labute approximate surface area is 168 Å². The van der Waals surface area contributed by atoms with E-state index >= 15 is 0 Å². The fraction of sp³-hybridized carbons (Fsp3) is 0.526. The molecule has 3 rings (SSSR count). The fourth-order valence-corrected chi connectivity index (χ4v) is 4.42. The number of piperidine rings is 1. The van der Waals surface area contributed by atoms with Gasteiger partial charge in [-0.25, -0.2) is 0 Å². The monoisotopic (exact) mass is 412 g/mol. The summed E-state index contributed by atoms with van der Waals surface area (Å²) in [6.45, 7) is 1.26. The zero-order valence-corrected chi connectivity index (χ0v) is 16.6. The molecular weight excluding hydrogens is 391 g/mol. The second-order valence-corrected chi connectivity index (χ2v) is 7.86. The lowest BCUT2D eigenvalue weighted by Crippen LogP contribution is -2.38. The molecule has 0 radical (unpaired) electrons. The van der Waals surface area contributed by atoms with E-state index in [0.29, 0.717) is 35.3 Å². The molecule has 146 valence electrons. The molecule has 2 heterocycles. The van der Waals surface area contributed by atoms with Gasteiger partial charge in [-0.1, -0.05) is 23.2 Å². The van der Waals surface area contributed by atoms with Crippen LogP contribution in [0.5, 0.6) is 5.75 Å². The molecular formula is C19H22Cl2N2O4. The van der Waals surface area contributed by atoms with Gasteiger partial charge in [0.25, 0.3) is 0 Å². The number of carbonyl (C=O) groups excluding carboxylic acids is 3. The molecule has 2 aliphatic heterocycles. The summed E-state index contributed by atoms with van der Waals surface area (Å²) in [4.78, 5) is 37.1. The van der Waals surface area contributed by atoms with Crippen LogP contribution in [0, 0.1) is 5.92 Å². The van der Waals surface area contributed by atoms with Gasteiger partial charge in [-0.05, 0) is 37.3 Å². The lowest BCUT2D eigenvalue weighted by atomic mass is 9.88. The van der Waals surface area contributed by atoms with Crippen molar-refractivity contribution >= 4 is 40.9 Å². The van der Waals surface area contributed by atoms with E-state index in [-0.39, 0.29) is 42.4 Å². The molecule has 0 aliphatic carbocycles. The number of rotatable bonds is 5. The van der Waals surface area contributed by atoms with Crippen LogP contribution in [0.25, 0.3) is 0 Å². The Balaban J connectivity index is 1.55. The molecule has 0 bridgehead atoms. The number of hydrogen-bond acceptors (Lipinski definition) is 4. The third-order valence-electron chi connectivity index (χ3n) is 5.30. The van der Waals surface area contributed by atoms with Crippen LogP contribution in [-0.2, 0) is 14.4 Å². The number of nitrogens with zero attached hydrogens (tertiary/aromatic N) is 1. The maximum atomic E-state index is 12.5. The quantitative estimate of drug-likeness (QED) is 0.753. The highest BCUT2D eigenvalue weighted by Gasteiger charge is 2.32. The molecule has 0 saturated carbocycles. The molecule has 3 amide bonds. The van der Waals surface area contributed by atoms with Crippen LogP contribution in [-0.4, -0.2) is 42.8 Å². The number of carbonyl (C=O) groups is 3. The van der Waals surface area contributed by atoms with Crippen LogP contribution in [0.15, 0.2) is 12.1 Å². The normalized spacial score (nSPS) is 20.7. The van der Waals surface area contributed by atoms with Gasteiger partial charge >= 0.3 is 0 Å². The minimum atomic E-state index is -0.378. The first-order chi connectivity index (χ1) is 12.9. The number of nitrogens with one attached hydrogen (secondary N) is 1. The molecule has 2 saturated heterocycles. The Hall–Kier alpha value is -1.79. The largest absolute Gasteiger partial charge is 0.495 e. The molecule has 1 atom stereocenters. The predicted octanol–water partition coefficient (Wildman–Crippen LogP) is 3.15. The zero-order valence-electron chi connectivity index (χ0n) is 15.1. The molecule has 8 heteroatoms. The van der Waals surface area contributed by atoms with E-state index in [0.717, 1.165) is 18.4 Å². The number of methoxy groups -OCH3 is 1. The molecule has 1 N–H and O–H groups in total. The van der Waals surface area contributed by atoms with Crippen molar-refractivity contribution in [1.82, 2.24) is 10.2 Å². The summed E-state index contributed by atoms with van der Waals surface area (Å²) in [6, 6.07) is 3.54. The number of hydrogen-bond donors (Lipinski definition) is 1. The number of imide groups is 1. The highest BCUT2D eigenvalue weighted by Crippen LogP contribution is 2.40. The van der Waals surface area contributed by atoms with E-state index in [4.69, 9.17) is 27.9 Å². The summed E-state index contributed by atoms with van der Waals surface area (Å²) in [5.74, 6) is -0.0152. The number of amides is 3. The van der Waals surface area contributed by atoms with E-state index in [1.807, 2.05) is 11.0 Å². The fourth-order valence-electron chi connectivity index (χ4n) is 3.83. The number of ether oxygens (including phenoxy) is 1. The number of benzene rings is 1. The standard InChI is InChI=1S/C19H22Cl2N2O4/c1-27-18-14(9-13(20)10-15(18)21)11-4-6-23(7-5-11)17(25)3-2-12-8-16(24)22-19(12)26/h9-12H,2-8H2,1H3,(H,22,24,26)/t12-/m0/s1. The van der Waals surface area contributed by atoms with E-state index < -0.39 is 0 Å². The van der Waals surface area contributed by atoms with Crippen LogP contribution in [0.3, 0.4) is 0 Å². The van der Waals surface area contributed by atoms with Crippen LogP contribution in [0.4, 0.5) is 0 Å². The van der Waals surface area contributed by atoms with Gasteiger partial charge in [0, 0.05) is 42.4 Å². The molecule has 2 fully saturated rings. The molecule has 6 nitrogen and oxygen atoms in total. The van der Waals surface area contributed by atoms with Crippen molar-refractivity contribution in [2.45, 2.75) is 38.0 Å². The first kappa shape index (κ1) is 20.0. The highest BCUT2D eigenvalue weighted by molar-refractivity contribution is 6.35. The van der Waals surface area contributed by atoms with Gasteiger partial charge in [0.2, 0.25) is 17.7 Å². The Morgan fingerprint density at radius 2 is 1.96 bits per heavy atom. The SMILES string of the molecule is COc1c(Cl)cc(Cl)cc1C1CCN(C(=O)CC[C@H]2CC(=O)NC2=O)CC1. The van der Waals surface area contributed by atoms with Gasteiger partial charge in [0.05, 0.1) is 12.1 Å². The average Bonchev–Trinajstić information content (AvgIpc) is 2.96. The maximum Gasteiger partial charge on any atom is 0.230 e. The first-order valence-corrected chi connectivity index (χ1v) is 9.79. The van der Waals surface area contributed by atoms with Crippen LogP contribution in [0.1, 0.15) is 43.6 Å². The minimum Gasteiger partial charge on any atom is -0.495 e. The van der Waals surface area contributed by atoms with Gasteiger partial charge in [-0.2, -0.15) is 0 Å². The summed E-state index contributed by atoms with van der Waals surface area (Å²) in [7, 11) is 1.58. The van der Waals surface area contributed by atoms with E-state index in [2.05, 4.69) is 5.32 Å².